The Morgan fingerprint density at radius 1 is 1.40 bits per heavy atom. The van der Waals surface area contributed by atoms with E-state index in [1.54, 1.807) is 0 Å². The van der Waals surface area contributed by atoms with Crippen molar-refractivity contribution < 1.29 is 4.79 Å². The van der Waals surface area contributed by atoms with Gasteiger partial charge in [-0.05, 0) is 33.5 Å². The predicted octanol–water partition coefficient (Wildman–Crippen LogP) is 0.0742. The van der Waals surface area contributed by atoms with Gasteiger partial charge in [0.1, 0.15) is 0 Å². The fourth-order valence-electron chi connectivity index (χ4n) is 0.714. The molecular formula is C7H16N2O. The topological polar surface area (TPSA) is 32.3 Å². The fourth-order valence-corrected chi connectivity index (χ4v) is 0.714. The van der Waals surface area contributed by atoms with Crippen LogP contribution in [0.4, 0.5) is 0 Å². The summed E-state index contributed by atoms with van der Waals surface area (Å²) in [5, 5.41) is 2.62. The van der Waals surface area contributed by atoms with Gasteiger partial charge in [-0.3, -0.25) is 4.79 Å². The van der Waals surface area contributed by atoms with Crippen molar-refractivity contribution in [1.29, 1.82) is 0 Å². The first kappa shape index (κ1) is 9.43. The number of hydrogen-bond acceptors (Lipinski definition) is 2. The Labute approximate surface area is 62.4 Å². The summed E-state index contributed by atoms with van der Waals surface area (Å²) in [6, 6.07) is 0. The Morgan fingerprint density at radius 2 is 2.10 bits per heavy atom. The van der Waals surface area contributed by atoms with E-state index in [2.05, 4.69) is 10.2 Å². The zero-order chi connectivity index (χ0) is 7.82. The van der Waals surface area contributed by atoms with Gasteiger partial charge in [-0.25, -0.2) is 0 Å². The molecule has 0 radical (unpaired) electrons. The van der Waals surface area contributed by atoms with Gasteiger partial charge in [0.05, 0.1) is 0 Å². The molecule has 0 aromatic carbocycles. The molecule has 10 heavy (non-hydrogen) atoms. The summed E-state index contributed by atoms with van der Waals surface area (Å²) in [5.41, 5.74) is 0. The summed E-state index contributed by atoms with van der Waals surface area (Å²) in [6.45, 7) is 1.90. The van der Waals surface area contributed by atoms with Crippen LogP contribution < -0.4 is 5.32 Å². The van der Waals surface area contributed by atoms with Crippen molar-refractivity contribution in [2.75, 3.05) is 27.2 Å². The third-order valence-electron chi connectivity index (χ3n) is 1.26. The minimum Gasteiger partial charge on any atom is -0.359 e. The highest BCUT2D eigenvalue weighted by molar-refractivity contribution is 5.45. The quantitative estimate of drug-likeness (QED) is 0.423. The molecule has 0 aromatic rings. The molecule has 1 amide bonds. The molecule has 0 saturated heterocycles. The van der Waals surface area contributed by atoms with E-state index < -0.39 is 0 Å². The fraction of sp³-hybridized carbons (Fsp3) is 0.857. The van der Waals surface area contributed by atoms with Gasteiger partial charge in [-0.15, -0.1) is 0 Å². The molecule has 0 aliphatic rings. The van der Waals surface area contributed by atoms with Crippen molar-refractivity contribution in [3.63, 3.8) is 0 Å². The minimum absolute atomic E-state index is 0.746. The summed E-state index contributed by atoms with van der Waals surface area (Å²) in [5.74, 6) is 0. The molecule has 1 N–H and O–H groups in total. The van der Waals surface area contributed by atoms with Gasteiger partial charge in [0.2, 0.25) is 6.41 Å². The maximum Gasteiger partial charge on any atom is 0.207 e. The number of nitrogens with zero attached hydrogens (tertiary/aromatic N) is 1. The van der Waals surface area contributed by atoms with E-state index in [-0.39, 0.29) is 0 Å². The Bertz CT molecular complexity index is 83.7. The lowest BCUT2D eigenvalue weighted by atomic mass is 10.3. The Hall–Kier alpha value is -0.570. The number of unbranched alkanes of at least 4 members (excludes halogenated alkanes) is 1. The molecule has 0 aliphatic carbocycles. The van der Waals surface area contributed by atoms with Crippen molar-refractivity contribution in [1.82, 2.24) is 10.2 Å². The number of carbonyl (C=O) groups excluding carboxylic acids is 1. The highest BCUT2D eigenvalue weighted by Gasteiger charge is 1.88. The summed E-state index contributed by atoms with van der Waals surface area (Å²) in [7, 11) is 4.10. The number of hydrogen-bond donors (Lipinski definition) is 1. The molecule has 0 bridgehead atoms. The van der Waals surface area contributed by atoms with E-state index in [1.165, 1.54) is 0 Å². The van der Waals surface area contributed by atoms with E-state index in [0.29, 0.717) is 0 Å². The summed E-state index contributed by atoms with van der Waals surface area (Å²) < 4.78 is 0. The first-order valence-electron chi connectivity index (χ1n) is 3.59. The van der Waals surface area contributed by atoms with Crippen LogP contribution in [0.5, 0.6) is 0 Å². The average molecular weight is 144 g/mol. The standard InChI is InChI=1S/C7H16N2O/c1-9(2)6-4-3-5-8-7-10/h7H,3-6H2,1-2H3,(H,8,10). The largest absolute Gasteiger partial charge is 0.359 e. The SMILES string of the molecule is CN(C)CCCCNC=O. The van der Waals surface area contributed by atoms with E-state index in [4.69, 9.17) is 0 Å². The Balaban J connectivity index is 2.83. The zero-order valence-corrected chi connectivity index (χ0v) is 6.76. The molecular weight excluding hydrogens is 128 g/mol. The molecule has 0 atom stereocenters. The number of nitrogens with one attached hydrogen (secondary N) is 1. The van der Waals surface area contributed by atoms with Crippen LogP contribution in [0.3, 0.4) is 0 Å². The predicted molar refractivity (Wildman–Crippen MR) is 41.9 cm³/mol. The van der Waals surface area contributed by atoms with E-state index in [1.807, 2.05) is 14.1 Å². The zero-order valence-electron chi connectivity index (χ0n) is 6.76. The smallest absolute Gasteiger partial charge is 0.207 e. The third kappa shape index (κ3) is 7.43. The molecule has 0 unspecified atom stereocenters. The maximum absolute atomic E-state index is 9.78. The molecule has 0 saturated carbocycles. The van der Waals surface area contributed by atoms with Gasteiger partial charge in [-0.2, -0.15) is 0 Å². The van der Waals surface area contributed by atoms with Crippen LogP contribution in [-0.4, -0.2) is 38.5 Å². The number of carbonyl (C=O) groups is 1. The highest BCUT2D eigenvalue weighted by atomic mass is 16.1. The number of rotatable bonds is 6. The van der Waals surface area contributed by atoms with Crippen molar-refractivity contribution in [2.24, 2.45) is 0 Å². The lowest BCUT2D eigenvalue weighted by Crippen LogP contribution is -2.16. The van der Waals surface area contributed by atoms with Crippen molar-refractivity contribution in [2.45, 2.75) is 12.8 Å². The van der Waals surface area contributed by atoms with E-state index >= 15 is 0 Å². The average Bonchev–Trinajstić information content (AvgIpc) is 1.87. The van der Waals surface area contributed by atoms with E-state index in [9.17, 15) is 4.79 Å². The van der Waals surface area contributed by atoms with E-state index in [0.717, 1.165) is 32.3 Å². The van der Waals surface area contributed by atoms with Crippen LogP contribution >= 0.6 is 0 Å². The molecule has 3 heteroatoms. The van der Waals surface area contributed by atoms with Gasteiger partial charge in [0, 0.05) is 6.54 Å². The third-order valence-corrected chi connectivity index (χ3v) is 1.26. The second-order valence-electron chi connectivity index (χ2n) is 2.58. The first-order valence-corrected chi connectivity index (χ1v) is 3.59. The minimum atomic E-state index is 0.746. The Morgan fingerprint density at radius 3 is 2.60 bits per heavy atom. The van der Waals surface area contributed by atoms with Crippen LogP contribution in [0, 0.1) is 0 Å². The molecule has 0 fully saturated rings. The van der Waals surface area contributed by atoms with Crippen LogP contribution in [0.15, 0.2) is 0 Å². The lowest BCUT2D eigenvalue weighted by Gasteiger charge is -2.07. The van der Waals surface area contributed by atoms with Crippen molar-refractivity contribution in [3.8, 4) is 0 Å². The van der Waals surface area contributed by atoms with Gasteiger partial charge < -0.3 is 10.2 Å². The lowest BCUT2D eigenvalue weighted by molar-refractivity contribution is -0.109. The normalized spacial score (nSPS) is 9.90. The Kier molecular flexibility index (Phi) is 6.18. The molecule has 0 spiro atoms. The molecule has 60 valence electrons. The van der Waals surface area contributed by atoms with Crippen LogP contribution in [0.25, 0.3) is 0 Å². The van der Waals surface area contributed by atoms with Gasteiger partial charge >= 0.3 is 0 Å². The van der Waals surface area contributed by atoms with Crippen molar-refractivity contribution in [3.05, 3.63) is 0 Å². The first-order chi connectivity index (χ1) is 4.77. The number of amides is 1. The molecule has 0 rings (SSSR count). The monoisotopic (exact) mass is 144 g/mol. The van der Waals surface area contributed by atoms with Crippen molar-refractivity contribution >= 4 is 6.41 Å². The summed E-state index contributed by atoms with van der Waals surface area (Å²) in [6.07, 6.45) is 2.96. The van der Waals surface area contributed by atoms with Gasteiger partial charge in [-0.1, -0.05) is 0 Å². The highest BCUT2D eigenvalue weighted by Crippen LogP contribution is 1.87. The van der Waals surface area contributed by atoms with Crippen LogP contribution in [-0.2, 0) is 4.79 Å². The van der Waals surface area contributed by atoms with Crippen LogP contribution in [0.2, 0.25) is 0 Å². The molecule has 3 nitrogen and oxygen atoms in total. The molecule has 0 aliphatic heterocycles. The van der Waals surface area contributed by atoms with Crippen LogP contribution in [0.1, 0.15) is 12.8 Å². The second-order valence-corrected chi connectivity index (χ2v) is 2.58. The maximum atomic E-state index is 9.78. The van der Waals surface area contributed by atoms with Gasteiger partial charge in [0.25, 0.3) is 0 Å². The summed E-state index contributed by atoms with van der Waals surface area (Å²) >= 11 is 0. The molecule has 0 heterocycles. The second kappa shape index (κ2) is 6.55. The van der Waals surface area contributed by atoms with Gasteiger partial charge in [0.15, 0.2) is 0 Å². The summed E-state index contributed by atoms with van der Waals surface area (Å²) in [4.78, 5) is 11.9. The molecule has 0 aromatic heterocycles.